The highest BCUT2D eigenvalue weighted by Gasteiger charge is 2.17. The smallest absolute Gasteiger partial charge is 0.274 e. The molecule has 0 spiro atoms. The van der Waals surface area contributed by atoms with Gasteiger partial charge in [-0.15, -0.1) is 0 Å². The topological polar surface area (TPSA) is 85.4 Å². The first-order chi connectivity index (χ1) is 12.8. The van der Waals surface area contributed by atoms with Gasteiger partial charge in [-0.25, -0.2) is 9.97 Å². The minimum atomic E-state index is -0.282. The molecule has 0 atom stereocenters. The number of nitrogens with one attached hydrogen (secondary N) is 2. The molecule has 136 valence electrons. The van der Waals surface area contributed by atoms with Gasteiger partial charge in [-0.05, 0) is 31.0 Å². The Kier molecular flexibility index (Phi) is 4.86. The molecule has 0 unspecified atom stereocenters. The van der Waals surface area contributed by atoms with Crippen LogP contribution in [0, 0.1) is 0 Å². The van der Waals surface area contributed by atoms with Gasteiger partial charge in [0, 0.05) is 24.0 Å². The Balaban J connectivity index is 1.43. The summed E-state index contributed by atoms with van der Waals surface area (Å²) in [5, 5.41) is 6.21. The van der Waals surface area contributed by atoms with Crippen molar-refractivity contribution >= 4 is 17.5 Å². The highest BCUT2D eigenvalue weighted by Crippen LogP contribution is 2.34. The number of hydrogen-bond donors (Lipinski definition) is 2. The van der Waals surface area contributed by atoms with E-state index in [4.69, 9.17) is 9.47 Å². The van der Waals surface area contributed by atoms with E-state index in [1.165, 1.54) is 25.7 Å². The fourth-order valence-electron chi connectivity index (χ4n) is 3.33. The molecule has 1 amide bonds. The van der Waals surface area contributed by atoms with Crippen LogP contribution in [0.25, 0.3) is 0 Å². The average molecular weight is 354 g/mol. The van der Waals surface area contributed by atoms with Gasteiger partial charge in [0.15, 0.2) is 11.5 Å². The minimum Gasteiger partial charge on any atom is -0.454 e. The fraction of sp³-hybridized carbons (Fsp3) is 0.421. The lowest BCUT2D eigenvalue weighted by molar-refractivity contribution is 0.102. The predicted octanol–water partition coefficient (Wildman–Crippen LogP) is 3.59. The number of benzene rings is 1. The maximum absolute atomic E-state index is 12.5. The molecule has 7 heteroatoms. The second-order valence-corrected chi connectivity index (χ2v) is 6.62. The molecule has 4 rings (SSSR count). The molecule has 1 aliphatic carbocycles. The summed E-state index contributed by atoms with van der Waals surface area (Å²) in [6, 6.07) is 7.28. The largest absolute Gasteiger partial charge is 0.454 e. The van der Waals surface area contributed by atoms with Crippen molar-refractivity contribution in [3.8, 4) is 11.5 Å². The summed E-state index contributed by atoms with van der Waals surface area (Å²) in [6.45, 7) is 0.203. The lowest BCUT2D eigenvalue weighted by atomic mass is 10.1. The normalized spacial score (nSPS) is 16.8. The monoisotopic (exact) mass is 354 g/mol. The maximum atomic E-state index is 12.5. The van der Waals surface area contributed by atoms with Crippen LogP contribution in [0.1, 0.15) is 49.0 Å². The van der Waals surface area contributed by atoms with Crippen LogP contribution < -0.4 is 20.1 Å². The standard InChI is InChI=1S/C19H22N4O3/c24-18(21-14-7-8-16-17(11-14)26-12-25-16)15-9-10-20-19(23-15)22-13-5-3-1-2-4-6-13/h7-11,13H,1-6,12H2,(H,21,24)(H,20,22,23). The van der Waals surface area contributed by atoms with E-state index in [1.54, 1.807) is 30.5 Å². The van der Waals surface area contributed by atoms with E-state index >= 15 is 0 Å². The van der Waals surface area contributed by atoms with E-state index in [9.17, 15) is 4.79 Å². The Bertz CT molecular complexity index is 788. The third kappa shape index (κ3) is 3.87. The van der Waals surface area contributed by atoms with E-state index < -0.39 is 0 Å². The molecule has 2 aliphatic rings. The van der Waals surface area contributed by atoms with Crippen LogP contribution in [0.15, 0.2) is 30.5 Å². The molecule has 1 fully saturated rings. The van der Waals surface area contributed by atoms with Crippen molar-refractivity contribution in [3.63, 3.8) is 0 Å². The van der Waals surface area contributed by atoms with Gasteiger partial charge in [-0.3, -0.25) is 4.79 Å². The lowest BCUT2D eigenvalue weighted by Gasteiger charge is -2.16. The van der Waals surface area contributed by atoms with Crippen LogP contribution in [0.4, 0.5) is 11.6 Å². The lowest BCUT2D eigenvalue weighted by Crippen LogP contribution is -2.21. The molecule has 0 saturated heterocycles. The zero-order valence-electron chi connectivity index (χ0n) is 14.5. The number of nitrogens with zero attached hydrogens (tertiary/aromatic N) is 2. The molecule has 7 nitrogen and oxygen atoms in total. The SMILES string of the molecule is O=C(Nc1ccc2c(c1)OCO2)c1ccnc(NC2CCCCCC2)n1. The zero-order valence-corrected chi connectivity index (χ0v) is 14.5. The van der Waals surface area contributed by atoms with E-state index in [0.29, 0.717) is 34.9 Å². The molecule has 2 heterocycles. The Labute approximate surface area is 152 Å². The predicted molar refractivity (Wildman–Crippen MR) is 97.7 cm³/mol. The van der Waals surface area contributed by atoms with Gasteiger partial charge in [-0.2, -0.15) is 0 Å². The summed E-state index contributed by atoms with van der Waals surface area (Å²) < 4.78 is 10.6. The summed E-state index contributed by atoms with van der Waals surface area (Å²) in [4.78, 5) is 21.2. The van der Waals surface area contributed by atoms with Crippen LogP contribution in [0.3, 0.4) is 0 Å². The molecule has 1 aliphatic heterocycles. The highest BCUT2D eigenvalue weighted by atomic mass is 16.7. The minimum absolute atomic E-state index is 0.203. The molecule has 0 radical (unpaired) electrons. The van der Waals surface area contributed by atoms with Gasteiger partial charge < -0.3 is 20.1 Å². The van der Waals surface area contributed by atoms with Crippen LogP contribution in [0.2, 0.25) is 0 Å². The first-order valence-electron chi connectivity index (χ1n) is 9.08. The molecule has 2 N–H and O–H groups in total. The number of rotatable bonds is 4. The number of hydrogen-bond acceptors (Lipinski definition) is 6. The first kappa shape index (κ1) is 16.6. The van der Waals surface area contributed by atoms with E-state index in [0.717, 1.165) is 12.8 Å². The number of fused-ring (bicyclic) bond motifs is 1. The summed E-state index contributed by atoms with van der Waals surface area (Å²) in [5.74, 6) is 1.53. The van der Waals surface area contributed by atoms with Crippen LogP contribution in [-0.4, -0.2) is 28.7 Å². The zero-order chi connectivity index (χ0) is 17.8. The quantitative estimate of drug-likeness (QED) is 0.816. The third-order valence-corrected chi connectivity index (χ3v) is 4.71. The highest BCUT2D eigenvalue weighted by molar-refractivity contribution is 6.03. The molecule has 1 aromatic carbocycles. The molecule has 26 heavy (non-hydrogen) atoms. The van der Waals surface area contributed by atoms with Crippen LogP contribution >= 0.6 is 0 Å². The van der Waals surface area contributed by atoms with Crippen molar-refractivity contribution < 1.29 is 14.3 Å². The maximum Gasteiger partial charge on any atom is 0.274 e. The van der Waals surface area contributed by atoms with E-state index in [-0.39, 0.29) is 12.7 Å². The number of carbonyl (C=O) groups excluding carboxylic acids is 1. The number of ether oxygens (including phenoxy) is 2. The van der Waals surface area contributed by atoms with Crippen molar-refractivity contribution in [3.05, 3.63) is 36.2 Å². The van der Waals surface area contributed by atoms with Crippen molar-refractivity contribution in [1.82, 2.24) is 9.97 Å². The van der Waals surface area contributed by atoms with Crippen LogP contribution in [0.5, 0.6) is 11.5 Å². The van der Waals surface area contributed by atoms with Gasteiger partial charge >= 0.3 is 0 Å². The van der Waals surface area contributed by atoms with Crippen molar-refractivity contribution in [2.75, 3.05) is 17.4 Å². The number of anilines is 2. The Morgan fingerprint density at radius 3 is 2.69 bits per heavy atom. The van der Waals surface area contributed by atoms with Crippen molar-refractivity contribution in [2.45, 2.75) is 44.6 Å². The van der Waals surface area contributed by atoms with Gasteiger partial charge in [0.25, 0.3) is 5.91 Å². The van der Waals surface area contributed by atoms with Gasteiger partial charge in [-0.1, -0.05) is 25.7 Å². The molecular formula is C19H22N4O3. The third-order valence-electron chi connectivity index (χ3n) is 4.71. The molecule has 1 aromatic heterocycles. The summed E-state index contributed by atoms with van der Waals surface area (Å²) in [6.07, 6.45) is 8.88. The second-order valence-electron chi connectivity index (χ2n) is 6.62. The number of amides is 1. The fourth-order valence-corrected chi connectivity index (χ4v) is 3.33. The van der Waals surface area contributed by atoms with Crippen LogP contribution in [-0.2, 0) is 0 Å². The van der Waals surface area contributed by atoms with Gasteiger partial charge in [0.1, 0.15) is 5.69 Å². The van der Waals surface area contributed by atoms with Crippen molar-refractivity contribution in [1.29, 1.82) is 0 Å². The second kappa shape index (κ2) is 7.59. The van der Waals surface area contributed by atoms with Gasteiger partial charge in [0.05, 0.1) is 0 Å². The van der Waals surface area contributed by atoms with Gasteiger partial charge in [0.2, 0.25) is 12.7 Å². The average Bonchev–Trinajstić information content (AvgIpc) is 2.97. The molecule has 0 bridgehead atoms. The van der Waals surface area contributed by atoms with Crippen molar-refractivity contribution in [2.24, 2.45) is 0 Å². The van der Waals surface area contributed by atoms with E-state index in [1.807, 2.05) is 0 Å². The summed E-state index contributed by atoms with van der Waals surface area (Å²) in [7, 11) is 0. The molecule has 1 saturated carbocycles. The summed E-state index contributed by atoms with van der Waals surface area (Å²) in [5.41, 5.74) is 0.963. The summed E-state index contributed by atoms with van der Waals surface area (Å²) >= 11 is 0. The number of aromatic nitrogens is 2. The van der Waals surface area contributed by atoms with E-state index in [2.05, 4.69) is 20.6 Å². The Morgan fingerprint density at radius 1 is 1.04 bits per heavy atom. The Hall–Kier alpha value is -2.83. The molecule has 2 aromatic rings. The number of carbonyl (C=O) groups is 1. The first-order valence-corrected chi connectivity index (χ1v) is 9.08. The molecular weight excluding hydrogens is 332 g/mol. The Morgan fingerprint density at radius 2 is 1.85 bits per heavy atom.